The number of halogens is 4. The van der Waals surface area contributed by atoms with Crippen molar-refractivity contribution < 1.29 is 18.0 Å². The third kappa shape index (κ3) is 5.63. The second-order valence-corrected chi connectivity index (χ2v) is 5.06. The third-order valence-electron chi connectivity index (χ3n) is 2.61. The molecule has 0 saturated heterocycles. The van der Waals surface area contributed by atoms with Gasteiger partial charge in [0.25, 0.3) is 5.91 Å². The van der Waals surface area contributed by atoms with Crippen LogP contribution in [0.2, 0.25) is 0 Å². The van der Waals surface area contributed by atoms with E-state index in [2.05, 4.69) is 21.2 Å². The molecule has 0 saturated carbocycles. The van der Waals surface area contributed by atoms with Gasteiger partial charge in [-0.05, 0) is 47.3 Å². The normalized spacial score (nSPS) is 11.4. The van der Waals surface area contributed by atoms with E-state index in [0.29, 0.717) is 16.5 Å². The fourth-order valence-electron chi connectivity index (χ4n) is 1.57. The average Bonchev–Trinajstić information content (AvgIpc) is 2.30. The molecule has 0 atom stereocenters. The molecule has 0 unspecified atom stereocenters. The highest BCUT2D eigenvalue weighted by molar-refractivity contribution is 9.10. The zero-order chi connectivity index (χ0) is 14.5. The molecule has 0 radical (unpaired) electrons. The summed E-state index contributed by atoms with van der Waals surface area (Å²) in [6.45, 7) is 2.11. The van der Waals surface area contributed by atoms with Crippen LogP contribution < -0.4 is 5.32 Å². The smallest absolute Gasteiger partial charge is 0.352 e. The number of carbonyl (C=O) groups is 1. The van der Waals surface area contributed by atoms with Gasteiger partial charge in [-0.2, -0.15) is 13.2 Å². The van der Waals surface area contributed by atoms with Crippen LogP contribution in [0.3, 0.4) is 0 Å². The number of amides is 1. The van der Waals surface area contributed by atoms with Crippen molar-refractivity contribution in [2.24, 2.45) is 0 Å². The van der Waals surface area contributed by atoms with Gasteiger partial charge in [-0.15, -0.1) is 0 Å². The van der Waals surface area contributed by atoms with E-state index in [9.17, 15) is 18.0 Å². The first-order valence-electron chi connectivity index (χ1n) is 5.91. The Labute approximate surface area is 118 Å². The lowest BCUT2D eigenvalue weighted by atomic mass is 10.1. The maximum Gasteiger partial charge on any atom is 0.389 e. The molecular weight excluding hydrogens is 323 g/mol. The number of nitrogens with one attached hydrogen (secondary N) is 1. The van der Waals surface area contributed by atoms with Gasteiger partial charge in [-0.3, -0.25) is 4.79 Å². The summed E-state index contributed by atoms with van der Waals surface area (Å²) in [5.74, 6) is -0.275. The molecule has 1 rings (SSSR count). The summed E-state index contributed by atoms with van der Waals surface area (Å²) in [6, 6.07) is 5.30. The summed E-state index contributed by atoms with van der Waals surface area (Å²) in [6.07, 6.45) is -4.59. The van der Waals surface area contributed by atoms with E-state index in [4.69, 9.17) is 0 Å². The third-order valence-corrected chi connectivity index (χ3v) is 3.66. The van der Waals surface area contributed by atoms with Crippen LogP contribution in [0.4, 0.5) is 13.2 Å². The van der Waals surface area contributed by atoms with Crippen molar-refractivity contribution in [1.82, 2.24) is 5.32 Å². The van der Waals surface area contributed by atoms with Crippen LogP contribution >= 0.6 is 15.9 Å². The number of alkyl halides is 3. The van der Waals surface area contributed by atoms with Gasteiger partial charge in [-0.1, -0.05) is 12.1 Å². The van der Waals surface area contributed by atoms with Gasteiger partial charge in [-0.25, -0.2) is 0 Å². The molecule has 1 amide bonds. The average molecular weight is 338 g/mol. The van der Waals surface area contributed by atoms with Gasteiger partial charge in [0.05, 0.1) is 5.56 Å². The van der Waals surface area contributed by atoms with Crippen LogP contribution in [0.25, 0.3) is 0 Å². The zero-order valence-electron chi connectivity index (χ0n) is 10.5. The Bertz CT molecular complexity index is 446. The fraction of sp³-hybridized carbons (Fsp3) is 0.462. The molecule has 0 aliphatic carbocycles. The van der Waals surface area contributed by atoms with Gasteiger partial charge in [0.15, 0.2) is 0 Å². The van der Waals surface area contributed by atoms with Crippen molar-refractivity contribution in [3.63, 3.8) is 0 Å². The van der Waals surface area contributed by atoms with Crippen molar-refractivity contribution in [2.45, 2.75) is 32.4 Å². The SMILES string of the molecule is Cc1cccc(C(=O)NCCCCC(F)(F)F)c1Br. The lowest BCUT2D eigenvalue weighted by Gasteiger charge is -2.09. The van der Waals surface area contributed by atoms with E-state index in [1.165, 1.54) is 0 Å². The Morgan fingerprint density at radius 2 is 2.00 bits per heavy atom. The van der Waals surface area contributed by atoms with Crippen molar-refractivity contribution in [3.05, 3.63) is 33.8 Å². The fourth-order valence-corrected chi connectivity index (χ4v) is 2.01. The van der Waals surface area contributed by atoms with Crippen LogP contribution in [0.1, 0.15) is 35.2 Å². The molecule has 0 aliphatic heterocycles. The van der Waals surface area contributed by atoms with E-state index >= 15 is 0 Å². The molecule has 1 N–H and O–H groups in total. The van der Waals surface area contributed by atoms with Crippen LogP contribution in [-0.2, 0) is 0 Å². The molecule has 1 aromatic rings. The minimum Gasteiger partial charge on any atom is -0.352 e. The largest absolute Gasteiger partial charge is 0.389 e. The summed E-state index contributed by atoms with van der Waals surface area (Å²) >= 11 is 3.32. The van der Waals surface area contributed by atoms with Gasteiger partial charge < -0.3 is 5.32 Å². The van der Waals surface area contributed by atoms with Crippen LogP contribution in [-0.4, -0.2) is 18.6 Å². The van der Waals surface area contributed by atoms with E-state index in [1.54, 1.807) is 12.1 Å². The summed E-state index contributed by atoms with van der Waals surface area (Å²) in [5.41, 5.74) is 1.43. The standard InChI is InChI=1S/C13H15BrF3NO/c1-9-5-4-6-10(11(9)14)12(19)18-8-3-2-7-13(15,16)17/h4-6H,2-3,7-8H2,1H3,(H,18,19). The number of benzene rings is 1. The molecular formula is C13H15BrF3NO. The Kier molecular flexibility index (Phi) is 5.85. The van der Waals surface area contributed by atoms with Crippen molar-refractivity contribution in [1.29, 1.82) is 0 Å². The predicted octanol–water partition coefficient (Wildman–Crippen LogP) is 4.22. The predicted molar refractivity (Wildman–Crippen MR) is 71.1 cm³/mol. The van der Waals surface area contributed by atoms with E-state index in [0.717, 1.165) is 5.56 Å². The van der Waals surface area contributed by atoms with Crippen molar-refractivity contribution in [3.8, 4) is 0 Å². The van der Waals surface area contributed by atoms with Gasteiger partial charge in [0.2, 0.25) is 0 Å². The highest BCUT2D eigenvalue weighted by Gasteiger charge is 2.25. The van der Waals surface area contributed by atoms with Gasteiger partial charge in [0, 0.05) is 17.4 Å². The highest BCUT2D eigenvalue weighted by Crippen LogP contribution is 2.22. The maximum atomic E-state index is 11.9. The maximum absolute atomic E-state index is 11.9. The lowest BCUT2D eigenvalue weighted by Crippen LogP contribution is -2.25. The minimum atomic E-state index is -4.12. The van der Waals surface area contributed by atoms with Gasteiger partial charge >= 0.3 is 6.18 Å². The molecule has 0 aliphatic rings. The molecule has 0 bridgehead atoms. The van der Waals surface area contributed by atoms with E-state index < -0.39 is 12.6 Å². The Balaban J connectivity index is 2.38. The topological polar surface area (TPSA) is 29.1 Å². The Morgan fingerprint density at radius 3 is 2.63 bits per heavy atom. The molecule has 19 heavy (non-hydrogen) atoms. The summed E-state index contributed by atoms with van der Waals surface area (Å²) in [5, 5.41) is 2.62. The Hall–Kier alpha value is -1.04. The number of hydrogen-bond acceptors (Lipinski definition) is 1. The summed E-state index contributed by atoms with van der Waals surface area (Å²) < 4.78 is 36.4. The Morgan fingerprint density at radius 1 is 1.32 bits per heavy atom. The van der Waals surface area contributed by atoms with Crippen LogP contribution in [0, 0.1) is 6.92 Å². The van der Waals surface area contributed by atoms with Crippen molar-refractivity contribution in [2.75, 3.05) is 6.54 Å². The molecule has 0 fully saturated rings. The molecule has 0 aromatic heterocycles. The molecule has 1 aromatic carbocycles. The number of hydrogen-bond donors (Lipinski definition) is 1. The molecule has 2 nitrogen and oxygen atoms in total. The quantitative estimate of drug-likeness (QED) is 0.801. The monoisotopic (exact) mass is 337 g/mol. The zero-order valence-corrected chi connectivity index (χ0v) is 12.1. The van der Waals surface area contributed by atoms with Crippen LogP contribution in [0.5, 0.6) is 0 Å². The van der Waals surface area contributed by atoms with Gasteiger partial charge in [0.1, 0.15) is 0 Å². The number of aryl methyl sites for hydroxylation is 1. The molecule has 0 heterocycles. The first kappa shape index (κ1) is 16.0. The number of carbonyl (C=O) groups excluding carboxylic acids is 1. The molecule has 0 spiro atoms. The molecule has 106 valence electrons. The van der Waals surface area contributed by atoms with Crippen molar-refractivity contribution >= 4 is 21.8 Å². The minimum absolute atomic E-state index is 0.0266. The summed E-state index contributed by atoms with van der Waals surface area (Å²) in [4.78, 5) is 11.8. The molecule has 6 heteroatoms. The first-order valence-corrected chi connectivity index (χ1v) is 6.70. The first-order chi connectivity index (χ1) is 8.81. The lowest BCUT2D eigenvalue weighted by molar-refractivity contribution is -0.135. The second kappa shape index (κ2) is 6.93. The summed E-state index contributed by atoms with van der Waals surface area (Å²) in [7, 11) is 0. The number of unbranched alkanes of at least 4 members (excludes halogenated alkanes) is 1. The van der Waals surface area contributed by atoms with E-state index in [-0.39, 0.29) is 18.9 Å². The van der Waals surface area contributed by atoms with Crippen LogP contribution in [0.15, 0.2) is 22.7 Å². The number of rotatable bonds is 5. The highest BCUT2D eigenvalue weighted by atomic mass is 79.9. The second-order valence-electron chi connectivity index (χ2n) is 4.26. The van der Waals surface area contributed by atoms with E-state index in [1.807, 2.05) is 13.0 Å².